The van der Waals surface area contributed by atoms with Gasteiger partial charge in [0.05, 0.1) is 5.69 Å². The number of rotatable bonds is 1. The van der Waals surface area contributed by atoms with E-state index in [0.717, 1.165) is 25.2 Å². The summed E-state index contributed by atoms with van der Waals surface area (Å²) in [4.78, 5) is 20.9. The molecule has 3 aliphatic heterocycles. The molecule has 3 fully saturated rings. The second-order valence-corrected chi connectivity index (χ2v) is 6.43. The Morgan fingerprint density at radius 1 is 1.32 bits per heavy atom. The van der Waals surface area contributed by atoms with Crippen LogP contribution in [0.2, 0.25) is 0 Å². The number of pyridine rings is 1. The Kier molecular flexibility index (Phi) is 3.11. The molecule has 0 saturated carbocycles. The van der Waals surface area contributed by atoms with Crippen molar-refractivity contribution >= 4 is 11.7 Å². The van der Waals surface area contributed by atoms with Crippen molar-refractivity contribution in [2.45, 2.75) is 44.4 Å². The molecule has 1 spiro atoms. The summed E-state index contributed by atoms with van der Waals surface area (Å²) in [5, 5.41) is 0. The van der Waals surface area contributed by atoms with Gasteiger partial charge in [0.25, 0.3) is 5.91 Å². The normalized spacial score (nSPS) is 26.8. The summed E-state index contributed by atoms with van der Waals surface area (Å²) in [6.07, 6.45) is 3.34. The van der Waals surface area contributed by atoms with Gasteiger partial charge in [-0.2, -0.15) is 0 Å². The van der Waals surface area contributed by atoms with Gasteiger partial charge in [0.1, 0.15) is 17.9 Å². The topological polar surface area (TPSA) is 45.7 Å². The van der Waals surface area contributed by atoms with Crippen LogP contribution in [0.25, 0.3) is 0 Å². The van der Waals surface area contributed by atoms with Crippen molar-refractivity contribution < 1.29 is 13.9 Å². The number of halogens is 1. The Morgan fingerprint density at radius 3 is 2.77 bits per heavy atom. The van der Waals surface area contributed by atoms with Gasteiger partial charge in [-0.25, -0.2) is 9.37 Å². The van der Waals surface area contributed by atoms with Crippen molar-refractivity contribution in [1.29, 1.82) is 0 Å². The molecule has 6 heteroatoms. The van der Waals surface area contributed by atoms with Crippen LogP contribution >= 0.6 is 0 Å². The van der Waals surface area contributed by atoms with Gasteiger partial charge in [-0.05, 0) is 31.9 Å². The number of fused-ring (bicyclic) bond motifs is 1. The van der Waals surface area contributed by atoms with Crippen molar-refractivity contribution in [2.75, 3.05) is 24.5 Å². The Morgan fingerprint density at radius 2 is 2.09 bits per heavy atom. The molecule has 3 saturated heterocycles. The smallest absolute Gasteiger partial charge is 0.257 e. The van der Waals surface area contributed by atoms with Gasteiger partial charge in [0.2, 0.25) is 0 Å². The molecule has 1 unspecified atom stereocenters. The molecule has 4 rings (SSSR count). The molecule has 3 aliphatic rings. The van der Waals surface area contributed by atoms with Crippen molar-refractivity contribution in [3.8, 4) is 0 Å². The summed E-state index contributed by atoms with van der Waals surface area (Å²) in [6.45, 7) is 3.92. The van der Waals surface area contributed by atoms with E-state index < -0.39 is 5.60 Å². The van der Waals surface area contributed by atoms with E-state index in [-0.39, 0.29) is 18.0 Å². The Labute approximate surface area is 129 Å². The van der Waals surface area contributed by atoms with Gasteiger partial charge >= 0.3 is 0 Å². The second kappa shape index (κ2) is 4.91. The average Bonchev–Trinajstić information content (AvgIpc) is 3.06. The molecule has 1 amide bonds. The van der Waals surface area contributed by atoms with Crippen LogP contribution in [0.4, 0.5) is 10.2 Å². The molecule has 1 aromatic heterocycles. The second-order valence-electron chi connectivity index (χ2n) is 6.43. The molecule has 4 heterocycles. The first-order valence-electron chi connectivity index (χ1n) is 7.96. The number of ether oxygens (including phenoxy) is 1. The molecular weight excluding hydrogens is 285 g/mol. The highest BCUT2D eigenvalue weighted by molar-refractivity contribution is 5.87. The van der Waals surface area contributed by atoms with Crippen molar-refractivity contribution in [1.82, 2.24) is 9.88 Å². The number of piperidine rings is 1. The quantitative estimate of drug-likeness (QED) is 0.794. The third-order valence-corrected chi connectivity index (χ3v) is 5.11. The van der Waals surface area contributed by atoms with Gasteiger partial charge in [-0.1, -0.05) is 0 Å². The molecule has 0 bridgehead atoms. The van der Waals surface area contributed by atoms with Crippen LogP contribution in [0, 0.1) is 12.7 Å². The molecule has 0 aliphatic carbocycles. The summed E-state index contributed by atoms with van der Waals surface area (Å²) in [6, 6.07) is 3.16. The molecule has 5 nitrogen and oxygen atoms in total. The molecule has 22 heavy (non-hydrogen) atoms. The summed E-state index contributed by atoms with van der Waals surface area (Å²) in [5.41, 5.74) is -0.219. The number of amides is 1. The highest BCUT2D eigenvalue weighted by atomic mass is 19.1. The van der Waals surface area contributed by atoms with Crippen LogP contribution < -0.4 is 4.90 Å². The molecule has 0 N–H and O–H groups in total. The minimum atomic E-state index is -0.628. The van der Waals surface area contributed by atoms with Crippen LogP contribution in [-0.2, 0) is 9.53 Å². The predicted octanol–water partition coefficient (Wildman–Crippen LogP) is 1.85. The first-order valence-corrected chi connectivity index (χ1v) is 7.96. The minimum absolute atomic E-state index is 0.00904. The monoisotopic (exact) mass is 305 g/mol. The lowest BCUT2D eigenvalue weighted by Gasteiger charge is -2.37. The lowest BCUT2D eigenvalue weighted by Crippen LogP contribution is -2.50. The summed E-state index contributed by atoms with van der Waals surface area (Å²) >= 11 is 0. The van der Waals surface area contributed by atoms with E-state index in [2.05, 4.69) is 9.88 Å². The lowest BCUT2D eigenvalue weighted by atomic mass is 9.90. The number of aryl methyl sites for hydroxylation is 1. The fourth-order valence-electron chi connectivity index (χ4n) is 3.80. The number of carbonyl (C=O) groups is 1. The van der Waals surface area contributed by atoms with Crippen LogP contribution in [-0.4, -0.2) is 47.3 Å². The Hall–Kier alpha value is -1.69. The predicted molar refractivity (Wildman–Crippen MR) is 78.9 cm³/mol. The van der Waals surface area contributed by atoms with Gasteiger partial charge in [-0.15, -0.1) is 0 Å². The zero-order valence-corrected chi connectivity index (χ0v) is 12.7. The fourth-order valence-corrected chi connectivity index (χ4v) is 3.80. The van der Waals surface area contributed by atoms with Gasteiger partial charge in [0.15, 0.2) is 5.60 Å². The highest BCUT2D eigenvalue weighted by Crippen LogP contribution is 2.40. The average molecular weight is 305 g/mol. The Bertz CT molecular complexity index is 613. The summed E-state index contributed by atoms with van der Waals surface area (Å²) in [7, 11) is 0. The highest BCUT2D eigenvalue weighted by Gasteiger charge is 2.55. The standard InChI is InChI=1S/C16H20FN3O2/c1-11-12(17)4-5-13(18-11)19-9-6-16(7-10-19)15(21)20-8-2-3-14(20)22-16/h4-5,14H,2-3,6-10H2,1H3. The van der Waals surface area contributed by atoms with E-state index in [1.54, 1.807) is 13.0 Å². The van der Waals surface area contributed by atoms with E-state index in [4.69, 9.17) is 4.74 Å². The molecule has 0 aromatic carbocycles. The van der Waals surface area contributed by atoms with Gasteiger partial charge in [0, 0.05) is 32.5 Å². The summed E-state index contributed by atoms with van der Waals surface area (Å²) in [5.74, 6) is 0.657. The number of hydrogen-bond acceptors (Lipinski definition) is 4. The number of nitrogens with zero attached hydrogens (tertiary/aromatic N) is 3. The number of hydrogen-bond donors (Lipinski definition) is 0. The van der Waals surface area contributed by atoms with Crippen molar-refractivity contribution in [3.05, 3.63) is 23.6 Å². The maximum absolute atomic E-state index is 13.3. The molecule has 118 valence electrons. The maximum Gasteiger partial charge on any atom is 0.257 e. The van der Waals surface area contributed by atoms with E-state index in [1.807, 2.05) is 4.90 Å². The Balaban J connectivity index is 1.48. The first-order chi connectivity index (χ1) is 10.6. The maximum atomic E-state index is 13.3. The minimum Gasteiger partial charge on any atom is -0.356 e. The largest absolute Gasteiger partial charge is 0.356 e. The van der Waals surface area contributed by atoms with Crippen LogP contribution in [0.1, 0.15) is 31.4 Å². The lowest BCUT2D eigenvalue weighted by molar-refractivity contribution is -0.139. The molecule has 0 radical (unpaired) electrons. The SMILES string of the molecule is Cc1nc(N2CCC3(CC2)OC2CCCN2C3=O)ccc1F. The number of carbonyl (C=O) groups excluding carboxylic acids is 1. The zero-order valence-electron chi connectivity index (χ0n) is 12.7. The van der Waals surface area contributed by atoms with E-state index in [1.165, 1.54) is 6.07 Å². The van der Waals surface area contributed by atoms with Gasteiger partial charge < -0.3 is 14.5 Å². The van der Waals surface area contributed by atoms with E-state index >= 15 is 0 Å². The molecule has 1 atom stereocenters. The first kappa shape index (κ1) is 13.9. The summed E-state index contributed by atoms with van der Waals surface area (Å²) < 4.78 is 19.5. The fraction of sp³-hybridized carbons (Fsp3) is 0.625. The zero-order chi connectivity index (χ0) is 15.3. The van der Waals surface area contributed by atoms with Crippen LogP contribution in [0.15, 0.2) is 12.1 Å². The molecule has 1 aromatic rings. The third-order valence-electron chi connectivity index (χ3n) is 5.11. The number of aromatic nitrogens is 1. The van der Waals surface area contributed by atoms with Crippen molar-refractivity contribution in [2.24, 2.45) is 0 Å². The van der Waals surface area contributed by atoms with Crippen LogP contribution in [0.5, 0.6) is 0 Å². The number of anilines is 1. The van der Waals surface area contributed by atoms with E-state index in [9.17, 15) is 9.18 Å². The molecular formula is C16H20FN3O2. The van der Waals surface area contributed by atoms with E-state index in [0.29, 0.717) is 31.6 Å². The van der Waals surface area contributed by atoms with Crippen molar-refractivity contribution in [3.63, 3.8) is 0 Å². The third kappa shape index (κ3) is 2.00. The van der Waals surface area contributed by atoms with Gasteiger partial charge in [-0.3, -0.25) is 4.79 Å². The van der Waals surface area contributed by atoms with Crippen LogP contribution in [0.3, 0.4) is 0 Å².